The normalized spacial score (nSPS) is 14.8. The Morgan fingerprint density at radius 2 is 2.31 bits per heavy atom. The van der Waals surface area contributed by atoms with Gasteiger partial charge in [-0.1, -0.05) is 0 Å². The minimum absolute atomic E-state index is 0.860. The van der Waals surface area contributed by atoms with Gasteiger partial charge in [0.25, 0.3) is 0 Å². The lowest BCUT2D eigenvalue weighted by Gasteiger charge is -2.18. The molecule has 1 aliphatic rings. The Morgan fingerprint density at radius 1 is 1.38 bits per heavy atom. The van der Waals surface area contributed by atoms with Gasteiger partial charge >= 0.3 is 0 Å². The molecular formula is C12H14N4. The lowest BCUT2D eigenvalue weighted by Crippen LogP contribution is -2.28. The topological polar surface area (TPSA) is 42.7 Å². The van der Waals surface area contributed by atoms with Gasteiger partial charge in [0, 0.05) is 31.0 Å². The van der Waals surface area contributed by atoms with Gasteiger partial charge in [0.1, 0.15) is 5.82 Å². The molecule has 1 N–H and O–H groups in total. The van der Waals surface area contributed by atoms with Crippen molar-refractivity contribution in [3.05, 3.63) is 36.0 Å². The largest absolute Gasteiger partial charge is 0.326 e. The van der Waals surface area contributed by atoms with Crippen LogP contribution in [-0.2, 0) is 13.1 Å². The molecule has 0 atom stereocenters. The van der Waals surface area contributed by atoms with E-state index in [9.17, 15) is 0 Å². The third-order valence-corrected chi connectivity index (χ3v) is 3.05. The van der Waals surface area contributed by atoms with Gasteiger partial charge in [-0.25, -0.2) is 4.98 Å². The summed E-state index contributed by atoms with van der Waals surface area (Å²) >= 11 is 0. The summed E-state index contributed by atoms with van der Waals surface area (Å²) in [5.74, 6) is 1.12. The van der Waals surface area contributed by atoms with E-state index in [1.54, 1.807) is 0 Å². The Kier molecular flexibility index (Phi) is 2.22. The number of rotatable bonds is 1. The van der Waals surface area contributed by atoms with Crippen molar-refractivity contribution in [3.63, 3.8) is 0 Å². The SMILES string of the molecule is Cc1ccncc1-c1cnc2n1CCNC2. The molecule has 4 heteroatoms. The molecule has 0 saturated carbocycles. The summed E-state index contributed by atoms with van der Waals surface area (Å²) in [7, 11) is 0. The van der Waals surface area contributed by atoms with Crippen LogP contribution in [0.2, 0.25) is 0 Å². The van der Waals surface area contributed by atoms with Crippen molar-refractivity contribution in [3.8, 4) is 11.3 Å². The van der Waals surface area contributed by atoms with E-state index >= 15 is 0 Å². The van der Waals surface area contributed by atoms with Gasteiger partial charge in [-0.2, -0.15) is 0 Å². The predicted molar refractivity (Wildman–Crippen MR) is 61.9 cm³/mol. The van der Waals surface area contributed by atoms with Crippen LogP contribution < -0.4 is 5.32 Å². The number of hydrogen-bond donors (Lipinski definition) is 1. The number of nitrogens with zero attached hydrogens (tertiary/aromatic N) is 3. The molecule has 2 aromatic rings. The molecular weight excluding hydrogens is 200 g/mol. The average molecular weight is 214 g/mol. The van der Waals surface area contributed by atoms with Crippen LogP contribution in [0.25, 0.3) is 11.3 Å². The Bertz CT molecular complexity index is 515. The quantitative estimate of drug-likeness (QED) is 0.779. The number of hydrogen-bond acceptors (Lipinski definition) is 3. The molecule has 0 radical (unpaired) electrons. The Labute approximate surface area is 94.4 Å². The van der Waals surface area contributed by atoms with Crippen LogP contribution >= 0.6 is 0 Å². The molecule has 2 aromatic heterocycles. The molecule has 1 aliphatic heterocycles. The fourth-order valence-corrected chi connectivity index (χ4v) is 2.14. The van der Waals surface area contributed by atoms with Crippen molar-refractivity contribution in [2.75, 3.05) is 6.54 Å². The first-order valence-corrected chi connectivity index (χ1v) is 5.52. The molecule has 0 aromatic carbocycles. The second-order valence-electron chi connectivity index (χ2n) is 4.08. The molecule has 0 bridgehead atoms. The highest BCUT2D eigenvalue weighted by Crippen LogP contribution is 2.24. The number of imidazole rings is 1. The molecule has 4 nitrogen and oxygen atoms in total. The van der Waals surface area contributed by atoms with E-state index in [0.717, 1.165) is 25.5 Å². The molecule has 3 heterocycles. The number of nitrogens with one attached hydrogen (secondary N) is 1. The Balaban J connectivity index is 2.13. The van der Waals surface area contributed by atoms with Crippen LogP contribution in [0.15, 0.2) is 24.7 Å². The lowest BCUT2D eigenvalue weighted by atomic mass is 10.1. The highest BCUT2D eigenvalue weighted by molar-refractivity contribution is 5.62. The zero-order valence-electron chi connectivity index (χ0n) is 9.27. The van der Waals surface area contributed by atoms with Crippen molar-refractivity contribution >= 4 is 0 Å². The van der Waals surface area contributed by atoms with Crippen molar-refractivity contribution in [2.24, 2.45) is 0 Å². The Hall–Kier alpha value is -1.68. The second kappa shape index (κ2) is 3.72. The predicted octanol–water partition coefficient (Wildman–Crippen LogP) is 1.36. The fraction of sp³-hybridized carbons (Fsp3) is 0.333. The van der Waals surface area contributed by atoms with E-state index in [0.29, 0.717) is 0 Å². The molecule has 82 valence electrons. The van der Waals surface area contributed by atoms with Crippen LogP contribution in [0.1, 0.15) is 11.4 Å². The zero-order chi connectivity index (χ0) is 11.0. The fourth-order valence-electron chi connectivity index (χ4n) is 2.14. The maximum atomic E-state index is 4.45. The zero-order valence-corrected chi connectivity index (χ0v) is 9.27. The smallest absolute Gasteiger partial charge is 0.123 e. The second-order valence-corrected chi connectivity index (χ2v) is 4.08. The summed E-state index contributed by atoms with van der Waals surface area (Å²) in [6.45, 7) is 4.96. The standard InChI is InChI=1S/C12H14N4/c1-9-2-3-13-6-10(9)11-7-15-12-8-14-4-5-16(11)12/h2-3,6-7,14H,4-5,8H2,1H3. The third-order valence-electron chi connectivity index (χ3n) is 3.05. The van der Waals surface area contributed by atoms with Gasteiger partial charge < -0.3 is 9.88 Å². The van der Waals surface area contributed by atoms with E-state index in [1.165, 1.54) is 16.8 Å². The van der Waals surface area contributed by atoms with Crippen LogP contribution in [0.4, 0.5) is 0 Å². The molecule has 0 fully saturated rings. The van der Waals surface area contributed by atoms with Crippen molar-refractivity contribution < 1.29 is 0 Å². The summed E-state index contributed by atoms with van der Waals surface area (Å²) in [5, 5.41) is 3.32. The molecule has 0 aliphatic carbocycles. The number of fused-ring (bicyclic) bond motifs is 1. The third kappa shape index (κ3) is 1.42. The molecule has 0 unspecified atom stereocenters. The lowest BCUT2D eigenvalue weighted by molar-refractivity contribution is 0.508. The summed E-state index contributed by atoms with van der Waals surface area (Å²) in [6.07, 6.45) is 5.70. The van der Waals surface area contributed by atoms with E-state index in [1.807, 2.05) is 24.7 Å². The van der Waals surface area contributed by atoms with Gasteiger partial charge in [-0.05, 0) is 18.6 Å². The maximum Gasteiger partial charge on any atom is 0.123 e. The first kappa shape index (κ1) is 9.54. The summed E-state index contributed by atoms with van der Waals surface area (Å²) < 4.78 is 2.28. The summed E-state index contributed by atoms with van der Waals surface area (Å²) in [4.78, 5) is 8.64. The molecule has 0 spiro atoms. The van der Waals surface area contributed by atoms with E-state index in [-0.39, 0.29) is 0 Å². The molecule has 16 heavy (non-hydrogen) atoms. The number of pyridine rings is 1. The van der Waals surface area contributed by atoms with Gasteiger partial charge in [0.15, 0.2) is 0 Å². The Morgan fingerprint density at radius 3 is 3.19 bits per heavy atom. The first-order chi connectivity index (χ1) is 7.86. The minimum Gasteiger partial charge on any atom is -0.326 e. The number of aromatic nitrogens is 3. The minimum atomic E-state index is 0.860. The van der Waals surface area contributed by atoms with Crippen LogP contribution in [0.3, 0.4) is 0 Å². The van der Waals surface area contributed by atoms with Gasteiger partial charge in [0.05, 0.1) is 18.4 Å². The van der Waals surface area contributed by atoms with Crippen LogP contribution in [0, 0.1) is 6.92 Å². The van der Waals surface area contributed by atoms with Crippen molar-refractivity contribution in [2.45, 2.75) is 20.0 Å². The average Bonchev–Trinajstić information content (AvgIpc) is 2.74. The van der Waals surface area contributed by atoms with E-state index in [2.05, 4.69) is 26.8 Å². The first-order valence-electron chi connectivity index (χ1n) is 5.52. The molecule has 3 rings (SSSR count). The van der Waals surface area contributed by atoms with Gasteiger partial charge in [-0.3, -0.25) is 4.98 Å². The van der Waals surface area contributed by atoms with E-state index < -0.39 is 0 Å². The van der Waals surface area contributed by atoms with Gasteiger partial charge in [-0.15, -0.1) is 0 Å². The monoisotopic (exact) mass is 214 g/mol. The highest BCUT2D eigenvalue weighted by Gasteiger charge is 2.15. The molecule has 0 amide bonds. The van der Waals surface area contributed by atoms with Crippen molar-refractivity contribution in [1.29, 1.82) is 0 Å². The highest BCUT2D eigenvalue weighted by atomic mass is 15.2. The summed E-state index contributed by atoms with van der Waals surface area (Å²) in [5.41, 5.74) is 3.61. The number of aryl methyl sites for hydroxylation is 1. The van der Waals surface area contributed by atoms with Gasteiger partial charge in [0.2, 0.25) is 0 Å². The maximum absolute atomic E-state index is 4.45. The molecule has 0 saturated heterocycles. The van der Waals surface area contributed by atoms with E-state index in [4.69, 9.17) is 0 Å². The van der Waals surface area contributed by atoms with Crippen LogP contribution in [0.5, 0.6) is 0 Å². The summed E-state index contributed by atoms with van der Waals surface area (Å²) in [6, 6.07) is 2.04. The van der Waals surface area contributed by atoms with Crippen molar-refractivity contribution in [1.82, 2.24) is 19.9 Å². The van der Waals surface area contributed by atoms with Crippen LogP contribution in [-0.4, -0.2) is 21.1 Å².